The Morgan fingerprint density at radius 1 is 0.850 bits per heavy atom. The van der Waals surface area contributed by atoms with Gasteiger partial charge in [0.05, 0.1) is 7.11 Å². The van der Waals surface area contributed by atoms with Crippen molar-refractivity contribution in [2.75, 3.05) is 46.5 Å². The fourth-order valence-corrected chi connectivity index (χ4v) is 6.17. The molecule has 0 N–H and O–H groups in total. The zero-order valence-electron chi connectivity index (χ0n) is 23.7. The Labute approximate surface area is 238 Å². The van der Waals surface area contributed by atoms with Crippen LogP contribution in [-0.4, -0.2) is 62.2 Å². The van der Waals surface area contributed by atoms with E-state index >= 15 is 0 Å². The summed E-state index contributed by atoms with van der Waals surface area (Å²) in [6.45, 7) is 5.05. The summed E-state index contributed by atoms with van der Waals surface area (Å²) >= 11 is 0. The SMILES string of the molecule is COc1ccccc1OCC(=O)N1CCC2(CCCCc3ccccc3OCCN(Cc3ccccc3)C2)CC1. The molecular formula is C34H42N2O4. The van der Waals surface area contributed by atoms with Crippen LogP contribution >= 0.6 is 0 Å². The summed E-state index contributed by atoms with van der Waals surface area (Å²) in [6, 6.07) is 26.7. The lowest BCUT2D eigenvalue weighted by atomic mass is 9.73. The quantitative estimate of drug-likeness (QED) is 0.383. The molecule has 2 aliphatic heterocycles. The number of nitrogens with zero attached hydrogens (tertiary/aromatic N) is 2. The Hall–Kier alpha value is -3.51. The molecule has 212 valence electrons. The molecule has 1 spiro atoms. The average molecular weight is 543 g/mol. The molecule has 0 saturated carbocycles. The van der Waals surface area contributed by atoms with Gasteiger partial charge in [-0.05, 0) is 66.8 Å². The van der Waals surface area contributed by atoms with Gasteiger partial charge in [0.2, 0.25) is 0 Å². The van der Waals surface area contributed by atoms with Gasteiger partial charge >= 0.3 is 0 Å². The van der Waals surface area contributed by atoms with Gasteiger partial charge in [0.25, 0.3) is 5.91 Å². The summed E-state index contributed by atoms with van der Waals surface area (Å²) in [4.78, 5) is 17.7. The number of aryl methyl sites for hydroxylation is 1. The van der Waals surface area contributed by atoms with Gasteiger partial charge < -0.3 is 19.1 Å². The molecule has 6 heteroatoms. The van der Waals surface area contributed by atoms with Crippen molar-refractivity contribution in [2.24, 2.45) is 5.41 Å². The highest BCUT2D eigenvalue weighted by Gasteiger charge is 2.37. The number of hydrogen-bond acceptors (Lipinski definition) is 5. The van der Waals surface area contributed by atoms with Crippen molar-refractivity contribution in [2.45, 2.75) is 45.1 Å². The zero-order chi connectivity index (χ0) is 27.6. The first kappa shape index (κ1) is 28.0. The number of likely N-dealkylation sites (tertiary alicyclic amines) is 1. The number of hydrogen-bond donors (Lipinski definition) is 0. The van der Waals surface area contributed by atoms with E-state index in [0.29, 0.717) is 18.1 Å². The number of piperidine rings is 1. The highest BCUT2D eigenvalue weighted by molar-refractivity contribution is 5.78. The van der Waals surface area contributed by atoms with E-state index in [9.17, 15) is 4.79 Å². The van der Waals surface area contributed by atoms with Gasteiger partial charge in [0.1, 0.15) is 12.4 Å². The van der Waals surface area contributed by atoms with Gasteiger partial charge in [-0.25, -0.2) is 0 Å². The van der Waals surface area contributed by atoms with Gasteiger partial charge in [-0.15, -0.1) is 0 Å². The van der Waals surface area contributed by atoms with E-state index in [1.54, 1.807) is 7.11 Å². The maximum Gasteiger partial charge on any atom is 0.260 e. The topological polar surface area (TPSA) is 51.2 Å². The fourth-order valence-electron chi connectivity index (χ4n) is 6.17. The first-order chi connectivity index (χ1) is 19.6. The summed E-state index contributed by atoms with van der Waals surface area (Å²) in [6.07, 6.45) is 6.58. The molecule has 40 heavy (non-hydrogen) atoms. The van der Waals surface area contributed by atoms with Crippen molar-refractivity contribution in [3.05, 3.63) is 90.0 Å². The number of para-hydroxylation sites is 3. The minimum Gasteiger partial charge on any atom is -0.493 e. The summed E-state index contributed by atoms with van der Waals surface area (Å²) in [5.41, 5.74) is 2.82. The lowest BCUT2D eigenvalue weighted by molar-refractivity contribution is -0.136. The van der Waals surface area contributed by atoms with Crippen molar-refractivity contribution in [1.82, 2.24) is 9.80 Å². The summed E-state index contributed by atoms with van der Waals surface area (Å²) in [7, 11) is 1.61. The third-order valence-electron chi connectivity index (χ3n) is 8.45. The number of carbonyl (C=O) groups excluding carboxylic acids is 1. The van der Waals surface area contributed by atoms with E-state index in [4.69, 9.17) is 14.2 Å². The van der Waals surface area contributed by atoms with E-state index in [0.717, 1.165) is 64.2 Å². The lowest BCUT2D eigenvalue weighted by Crippen LogP contribution is -2.49. The van der Waals surface area contributed by atoms with Crippen molar-refractivity contribution < 1.29 is 19.0 Å². The normalized spacial score (nSPS) is 18.1. The van der Waals surface area contributed by atoms with Gasteiger partial charge in [0.15, 0.2) is 18.1 Å². The van der Waals surface area contributed by atoms with Gasteiger partial charge in [-0.1, -0.05) is 67.1 Å². The molecule has 1 saturated heterocycles. The molecule has 0 atom stereocenters. The van der Waals surface area contributed by atoms with Crippen LogP contribution in [0.3, 0.4) is 0 Å². The highest BCUT2D eigenvalue weighted by atomic mass is 16.5. The van der Waals surface area contributed by atoms with E-state index in [-0.39, 0.29) is 17.9 Å². The summed E-state index contributed by atoms with van der Waals surface area (Å²) in [5.74, 6) is 2.32. The zero-order valence-corrected chi connectivity index (χ0v) is 23.7. The molecule has 1 amide bonds. The molecule has 2 aliphatic rings. The number of rotatable bonds is 6. The van der Waals surface area contributed by atoms with Crippen molar-refractivity contribution in [3.63, 3.8) is 0 Å². The molecule has 1 fully saturated rings. The van der Waals surface area contributed by atoms with Crippen LogP contribution < -0.4 is 14.2 Å². The number of benzene rings is 3. The number of amides is 1. The molecular weight excluding hydrogens is 500 g/mol. The second kappa shape index (κ2) is 13.7. The van der Waals surface area contributed by atoms with Gasteiger partial charge in [-0.3, -0.25) is 9.69 Å². The predicted octanol–water partition coefficient (Wildman–Crippen LogP) is 5.99. The maximum absolute atomic E-state index is 13.1. The monoisotopic (exact) mass is 542 g/mol. The van der Waals surface area contributed by atoms with Crippen LogP contribution in [0.15, 0.2) is 78.9 Å². The van der Waals surface area contributed by atoms with Crippen LogP contribution in [0.25, 0.3) is 0 Å². The van der Waals surface area contributed by atoms with Crippen LogP contribution in [0.5, 0.6) is 17.2 Å². The number of methoxy groups -OCH3 is 1. The number of fused-ring (bicyclic) bond motifs is 1. The number of ether oxygens (including phenoxy) is 3. The first-order valence-corrected chi connectivity index (χ1v) is 14.6. The Morgan fingerprint density at radius 3 is 2.38 bits per heavy atom. The van der Waals surface area contributed by atoms with E-state index < -0.39 is 0 Å². The largest absolute Gasteiger partial charge is 0.493 e. The minimum absolute atomic E-state index is 0.0320. The molecule has 3 aromatic carbocycles. The molecule has 3 aromatic rings. The predicted molar refractivity (Wildman–Crippen MR) is 158 cm³/mol. The Bertz CT molecular complexity index is 1220. The van der Waals surface area contributed by atoms with Crippen LogP contribution in [0.4, 0.5) is 0 Å². The number of carbonyl (C=O) groups is 1. The van der Waals surface area contributed by atoms with Crippen molar-refractivity contribution in [3.8, 4) is 17.2 Å². The summed E-state index contributed by atoms with van der Waals surface area (Å²) < 4.78 is 17.5. The summed E-state index contributed by atoms with van der Waals surface area (Å²) in [5, 5.41) is 0. The average Bonchev–Trinajstić information content (AvgIpc) is 2.99. The molecule has 0 aliphatic carbocycles. The Morgan fingerprint density at radius 2 is 1.57 bits per heavy atom. The van der Waals surface area contributed by atoms with Crippen LogP contribution in [-0.2, 0) is 17.8 Å². The van der Waals surface area contributed by atoms with Crippen molar-refractivity contribution in [1.29, 1.82) is 0 Å². The maximum atomic E-state index is 13.1. The lowest BCUT2D eigenvalue weighted by Gasteiger charge is -2.45. The standard InChI is InChI=1S/C34H42N2O4/c1-38-31-16-7-8-17-32(31)40-26-33(37)36-21-19-34(20-22-36)18-10-9-14-29-13-5-6-15-30(29)39-24-23-35(27-34)25-28-11-3-2-4-12-28/h2-8,11-13,15-17H,9-10,14,18-27H2,1H3. The minimum atomic E-state index is 0.0320. The van der Waals surface area contributed by atoms with Gasteiger partial charge in [-0.2, -0.15) is 0 Å². The Balaban J connectivity index is 1.25. The Kier molecular flexibility index (Phi) is 9.61. The molecule has 0 aromatic heterocycles. The molecule has 2 heterocycles. The molecule has 5 rings (SSSR count). The fraction of sp³-hybridized carbons (Fsp3) is 0.441. The molecule has 0 bridgehead atoms. The second-order valence-corrected chi connectivity index (χ2v) is 11.2. The van der Waals surface area contributed by atoms with Crippen LogP contribution in [0.2, 0.25) is 0 Å². The third kappa shape index (κ3) is 7.36. The van der Waals surface area contributed by atoms with E-state index in [1.807, 2.05) is 29.2 Å². The first-order valence-electron chi connectivity index (χ1n) is 14.6. The van der Waals surface area contributed by atoms with E-state index in [2.05, 4.69) is 59.5 Å². The van der Waals surface area contributed by atoms with Crippen LogP contribution in [0, 0.1) is 5.41 Å². The molecule has 0 unspecified atom stereocenters. The smallest absolute Gasteiger partial charge is 0.260 e. The second-order valence-electron chi connectivity index (χ2n) is 11.2. The third-order valence-corrected chi connectivity index (χ3v) is 8.45. The van der Waals surface area contributed by atoms with Crippen LogP contribution in [0.1, 0.15) is 43.2 Å². The van der Waals surface area contributed by atoms with Gasteiger partial charge in [0, 0.05) is 32.7 Å². The van der Waals surface area contributed by atoms with Crippen molar-refractivity contribution >= 4 is 5.91 Å². The highest BCUT2D eigenvalue weighted by Crippen LogP contribution is 2.39. The van der Waals surface area contributed by atoms with E-state index in [1.165, 1.54) is 24.0 Å². The molecule has 6 nitrogen and oxygen atoms in total. The molecule has 0 radical (unpaired) electrons.